The van der Waals surface area contributed by atoms with Gasteiger partial charge in [-0.15, -0.1) is 11.3 Å². The molecule has 670 valence electrons. The molecule has 0 saturated carbocycles. The van der Waals surface area contributed by atoms with Crippen LogP contribution in [0.4, 0.5) is 51.4 Å². The Hall–Kier alpha value is -18.0. The van der Waals surface area contributed by atoms with Gasteiger partial charge in [0.15, 0.2) is 11.5 Å². The Morgan fingerprint density at radius 3 is 1.24 bits per heavy atom. The Kier molecular flexibility index (Phi) is 18.7. The minimum atomic E-state index is -0.156. The highest BCUT2D eigenvalue weighted by Crippen LogP contribution is 2.58. The summed E-state index contributed by atoms with van der Waals surface area (Å²) in [4.78, 5) is 26.0. The number of para-hydroxylation sites is 8. The van der Waals surface area contributed by atoms with Crippen molar-refractivity contribution in [1.82, 2.24) is 15.0 Å². The van der Waals surface area contributed by atoms with Gasteiger partial charge in [-0.1, -0.05) is 317 Å². The van der Waals surface area contributed by atoms with Crippen LogP contribution in [0.1, 0.15) is 25.0 Å². The van der Waals surface area contributed by atoms with Crippen LogP contribution in [-0.2, 0) is 5.41 Å². The number of benzene rings is 22. The second-order valence-electron chi connectivity index (χ2n) is 37.9. The zero-order valence-electron chi connectivity index (χ0n) is 77.6. The SMILES string of the molecule is CC1(C)c2ccccc2N(c2cc3c(ccc4oc5cc6ccccc6cc5c43)c(-c3ccc4ccccc4c3)n2)c2ccccc21.c1ccc2c(c1)Oc1ccccc1N2c1cc2c(ccc3sc4cc5ccccc5cc4c32)c(-c2ccc3ccccc3c2)n1.c1ccc2c(c1)Sc1ccccc1N2c1ccc(-c2cc(-c3cccc4ccccc34)c3ccc4oc5cc6ccccc6cc5c4c3n2)cc1. The third-order valence-electron chi connectivity index (χ3n) is 29.4. The average molecular weight is 1860 g/mol. The quantitative estimate of drug-likeness (QED) is 0.154. The molecule has 0 aliphatic carbocycles. The fourth-order valence-electron chi connectivity index (χ4n) is 22.6. The largest absolute Gasteiger partial charge is 0.456 e. The molecule has 3 aliphatic heterocycles. The summed E-state index contributed by atoms with van der Waals surface area (Å²) in [7, 11) is 0. The maximum atomic E-state index is 6.56. The molecule has 0 radical (unpaired) electrons. The number of aromatic nitrogens is 3. The van der Waals surface area contributed by atoms with Crippen molar-refractivity contribution in [2.45, 2.75) is 29.1 Å². The minimum Gasteiger partial charge on any atom is -0.456 e. The van der Waals surface area contributed by atoms with Crippen LogP contribution in [0.5, 0.6) is 11.5 Å². The molecular weight excluding hydrogens is 1780 g/mol. The molecule has 31 rings (SSSR count). The number of thiophene rings is 1. The van der Waals surface area contributed by atoms with Crippen molar-refractivity contribution >= 4 is 236 Å². The number of anilines is 9. The lowest BCUT2D eigenvalue weighted by Gasteiger charge is -2.41. The Balaban J connectivity index is 0.000000102. The van der Waals surface area contributed by atoms with E-state index in [0.717, 1.165) is 167 Å². The van der Waals surface area contributed by atoms with Crippen LogP contribution in [-0.4, -0.2) is 15.0 Å². The first-order chi connectivity index (χ1) is 70.6. The second-order valence-corrected chi connectivity index (χ2v) is 40.1. The van der Waals surface area contributed by atoms with E-state index in [2.05, 4.69) is 465 Å². The summed E-state index contributed by atoms with van der Waals surface area (Å²) in [5.41, 5.74) is 23.1. The van der Waals surface area contributed by atoms with Gasteiger partial charge in [-0.05, 0) is 268 Å². The van der Waals surface area contributed by atoms with Gasteiger partial charge in [0.05, 0.1) is 62.1 Å². The number of pyridine rings is 3. The first kappa shape index (κ1) is 82.1. The first-order valence-corrected chi connectivity index (χ1v) is 50.2. The molecule has 0 N–H and O–H groups in total. The number of hydrogen-bond donors (Lipinski definition) is 0. The van der Waals surface area contributed by atoms with Crippen LogP contribution in [0.2, 0.25) is 0 Å². The topological polar surface area (TPSA) is 83.9 Å². The number of rotatable bonds is 7. The summed E-state index contributed by atoms with van der Waals surface area (Å²) in [6.07, 6.45) is 0. The predicted octanol–water partition coefficient (Wildman–Crippen LogP) is 38.1. The molecule has 22 aromatic carbocycles. The van der Waals surface area contributed by atoms with Gasteiger partial charge in [-0.25, -0.2) is 15.0 Å². The molecule has 0 unspecified atom stereocenters. The molecule has 143 heavy (non-hydrogen) atoms. The van der Waals surface area contributed by atoms with E-state index < -0.39 is 0 Å². The number of hydrogen-bond acceptors (Lipinski definition) is 11. The lowest BCUT2D eigenvalue weighted by Crippen LogP contribution is -2.30. The molecule has 0 amide bonds. The van der Waals surface area contributed by atoms with Crippen molar-refractivity contribution in [3.05, 3.63) is 472 Å². The Bertz CT molecular complexity index is 10100. The zero-order valence-corrected chi connectivity index (χ0v) is 79.2. The smallest absolute Gasteiger partial charge is 0.151 e. The van der Waals surface area contributed by atoms with E-state index >= 15 is 0 Å². The highest BCUT2D eigenvalue weighted by atomic mass is 32.2. The summed E-state index contributed by atoms with van der Waals surface area (Å²) in [5.74, 6) is 3.38. The lowest BCUT2D eigenvalue weighted by molar-refractivity contribution is 0.476. The maximum Gasteiger partial charge on any atom is 0.151 e. The summed E-state index contributed by atoms with van der Waals surface area (Å²) in [6.45, 7) is 4.64. The van der Waals surface area contributed by atoms with Gasteiger partial charge in [0.1, 0.15) is 34.0 Å². The van der Waals surface area contributed by atoms with E-state index in [1.807, 2.05) is 47.4 Å². The van der Waals surface area contributed by atoms with Crippen LogP contribution in [0.15, 0.2) is 480 Å². The van der Waals surface area contributed by atoms with Gasteiger partial charge < -0.3 is 18.5 Å². The summed E-state index contributed by atoms with van der Waals surface area (Å²) in [5, 5.41) is 27.1. The number of fused-ring (bicyclic) bond motifs is 27. The highest BCUT2D eigenvalue weighted by molar-refractivity contribution is 7.99. The molecule has 0 atom stereocenters. The number of nitrogens with zero attached hydrogens (tertiary/aromatic N) is 6. The van der Waals surface area contributed by atoms with Crippen LogP contribution < -0.4 is 19.4 Å². The van der Waals surface area contributed by atoms with Crippen molar-refractivity contribution in [2.24, 2.45) is 0 Å². The van der Waals surface area contributed by atoms with Gasteiger partial charge in [0, 0.05) is 90.1 Å². The molecule has 28 aromatic rings. The molecule has 6 aromatic heterocycles. The molecule has 0 saturated heterocycles. The number of furan rings is 2. The van der Waals surface area contributed by atoms with Gasteiger partial charge in [0.2, 0.25) is 0 Å². The Morgan fingerprint density at radius 1 is 0.245 bits per heavy atom. The lowest BCUT2D eigenvalue weighted by atomic mass is 9.73. The van der Waals surface area contributed by atoms with Gasteiger partial charge in [-0.3, -0.25) is 9.80 Å². The van der Waals surface area contributed by atoms with E-state index in [1.54, 1.807) is 0 Å². The second kappa shape index (κ2) is 32.6. The molecule has 11 heteroatoms. The molecular formula is C132H82N6O3S2. The average Bonchev–Trinajstić information content (AvgIpc) is 1.71. The summed E-state index contributed by atoms with van der Waals surface area (Å²) < 4.78 is 22.0. The van der Waals surface area contributed by atoms with Crippen molar-refractivity contribution < 1.29 is 13.6 Å². The number of ether oxygens (including phenoxy) is 1. The first-order valence-electron chi connectivity index (χ1n) is 48.5. The molecule has 0 bridgehead atoms. The van der Waals surface area contributed by atoms with E-state index in [1.165, 1.54) is 123 Å². The summed E-state index contributed by atoms with van der Waals surface area (Å²) >= 11 is 3.69. The van der Waals surface area contributed by atoms with Crippen LogP contribution >= 0.6 is 23.1 Å². The minimum absolute atomic E-state index is 0.156. The van der Waals surface area contributed by atoms with Crippen LogP contribution in [0.3, 0.4) is 0 Å². The van der Waals surface area contributed by atoms with E-state index in [9.17, 15) is 0 Å². The Labute approximate surface area is 830 Å². The highest BCUT2D eigenvalue weighted by Gasteiger charge is 2.38. The van der Waals surface area contributed by atoms with Gasteiger partial charge in [-0.2, -0.15) is 0 Å². The molecule has 9 nitrogen and oxygen atoms in total. The Morgan fingerprint density at radius 2 is 0.671 bits per heavy atom. The van der Waals surface area contributed by atoms with Crippen LogP contribution in [0, 0.1) is 0 Å². The van der Waals surface area contributed by atoms with Gasteiger partial charge in [0.25, 0.3) is 0 Å². The third-order valence-corrected chi connectivity index (χ3v) is 31.6. The fourth-order valence-corrected chi connectivity index (χ4v) is 24.8. The summed E-state index contributed by atoms with van der Waals surface area (Å²) in [6, 6.07) is 165. The van der Waals surface area contributed by atoms with E-state index in [-0.39, 0.29) is 5.41 Å². The molecule has 0 fully saturated rings. The maximum absolute atomic E-state index is 6.56. The monoisotopic (exact) mass is 1860 g/mol. The van der Waals surface area contributed by atoms with Crippen molar-refractivity contribution in [1.29, 1.82) is 0 Å². The zero-order chi connectivity index (χ0) is 94.2. The third kappa shape index (κ3) is 13.4. The molecule has 3 aliphatic rings. The van der Waals surface area contributed by atoms with Crippen molar-refractivity contribution in [2.75, 3.05) is 14.7 Å². The predicted molar refractivity (Wildman–Crippen MR) is 600 cm³/mol. The molecule has 9 heterocycles. The van der Waals surface area contributed by atoms with Crippen molar-refractivity contribution in [3.63, 3.8) is 0 Å². The van der Waals surface area contributed by atoms with E-state index in [0.29, 0.717) is 0 Å². The fraction of sp³-hybridized carbons (Fsp3) is 0.0227. The molecule has 0 spiro atoms. The van der Waals surface area contributed by atoms with E-state index in [4.69, 9.17) is 28.5 Å². The standard InChI is InChI=1S/C47H28N2OS.C44H30N2O.C41H24N2OS/c1-2-12-32-27-43-38(26-31(32)11-1)46-42(50-43)25-24-36-37(35-15-9-13-29-10-3-4-14-34(29)35)28-39(48-47(36)46)30-20-22-33(23-21-30)49-40-16-5-7-18-44(40)51-45-19-8-6-17-41(45)49;1-44(2)35-15-7-9-17-37(35)46(38-18-10-8-16-36(38)44)41-26-33-32(43(45-41)31-20-19-27-11-3-4-12-28(27)23-31)21-22-39-42(33)34-24-29-13-5-6-14-30(29)25-40(34)47-39;1-2-10-26-21-29(18-17-25(26)9-1)41-30-19-20-37-40(32-22-27-11-3-4-12-28(27)23-38(32)45-37)31(30)24-39(42-41)43-33-13-5-7-15-35(33)44-36-16-8-6-14-34(36)43/h1-28H;3-26H,1-2H3;1-24H. The normalized spacial score (nSPS) is 13.0. The van der Waals surface area contributed by atoms with Crippen molar-refractivity contribution in [3.8, 4) is 56.4 Å². The van der Waals surface area contributed by atoms with Gasteiger partial charge >= 0.3 is 0 Å². The van der Waals surface area contributed by atoms with Crippen LogP contribution in [0.25, 0.3) is 206 Å².